The van der Waals surface area contributed by atoms with Crippen LogP contribution in [0.5, 0.6) is 11.5 Å². The van der Waals surface area contributed by atoms with E-state index in [0.717, 1.165) is 22.6 Å². The number of rotatable bonds is 9. The smallest absolute Gasteiger partial charge is 0.336 e. The number of methoxy groups -OCH3 is 3. The Balaban J connectivity index is 2.12. The molecule has 1 atom stereocenters. The van der Waals surface area contributed by atoms with Crippen molar-refractivity contribution in [2.45, 2.75) is 19.2 Å². The molecule has 0 aliphatic rings. The van der Waals surface area contributed by atoms with E-state index in [1.165, 1.54) is 7.11 Å². The van der Waals surface area contributed by atoms with E-state index in [9.17, 15) is 9.90 Å². The lowest BCUT2D eigenvalue weighted by atomic mass is 10.1. The molecule has 0 aliphatic heterocycles. The summed E-state index contributed by atoms with van der Waals surface area (Å²) in [6, 6.07) is 15.4. The standard InChI is InChI=1S/C20H25NO5/c1-24-17-8-4-15(5-9-17)12-21(14-19(22)20(23)26-3)13-16-6-10-18(25-2)11-7-16/h4-11,19,22H,12-14H2,1-3H3/t19-/m1/s1. The quantitative estimate of drug-likeness (QED) is 0.693. The Kier molecular flexibility index (Phi) is 7.44. The lowest BCUT2D eigenvalue weighted by Crippen LogP contribution is -2.37. The molecule has 0 spiro atoms. The van der Waals surface area contributed by atoms with E-state index in [2.05, 4.69) is 4.74 Å². The van der Waals surface area contributed by atoms with Gasteiger partial charge in [0.1, 0.15) is 11.5 Å². The SMILES string of the molecule is COC(=O)[C@H](O)CN(Cc1ccc(OC)cc1)Cc1ccc(OC)cc1. The summed E-state index contributed by atoms with van der Waals surface area (Å²) in [5.74, 6) is 0.926. The Morgan fingerprint density at radius 2 is 1.31 bits per heavy atom. The van der Waals surface area contributed by atoms with Crippen molar-refractivity contribution in [3.63, 3.8) is 0 Å². The van der Waals surface area contributed by atoms with Crippen molar-refractivity contribution < 1.29 is 24.1 Å². The van der Waals surface area contributed by atoms with Gasteiger partial charge in [0, 0.05) is 19.6 Å². The van der Waals surface area contributed by atoms with Crippen LogP contribution >= 0.6 is 0 Å². The molecule has 0 aromatic heterocycles. The highest BCUT2D eigenvalue weighted by Crippen LogP contribution is 2.17. The van der Waals surface area contributed by atoms with Crippen molar-refractivity contribution in [3.8, 4) is 11.5 Å². The van der Waals surface area contributed by atoms with Crippen LogP contribution in [0.25, 0.3) is 0 Å². The highest BCUT2D eigenvalue weighted by atomic mass is 16.5. The van der Waals surface area contributed by atoms with Crippen LogP contribution in [0, 0.1) is 0 Å². The van der Waals surface area contributed by atoms with Crippen molar-refractivity contribution in [2.24, 2.45) is 0 Å². The van der Waals surface area contributed by atoms with Crippen molar-refractivity contribution in [1.82, 2.24) is 4.90 Å². The molecule has 2 aromatic carbocycles. The van der Waals surface area contributed by atoms with E-state index >= 15 is 0 Å². The van der Waals surface area contributed by atoms with E-state index < -0.39 is 12.1 Å². The number of esters is 1. The van der Waals surface area contributed by atoms with E-state index in [4.69, 9.17) is 9.47 Å². The monoisotopic (exact) mass is 359 g/mol. The minimum absolute atomic E-state index is 0.171. The summed E-state index contributed by atoms with van der Waals surface area (Å²) in [5, 5.41) is 10.1. The third-order valence-electron chi connectivity index (χ3n) is 4.03. The third-order valence-corrected chi connectivity index (χ3v) is 4.03. The van der Waals surface area contributed by atoms with Gasteiger partial charge in [-0.25, -0.2) is 4.79 Å². The molecule has 6 nitrogen and oxygen atoms in total. The van der Waals surface area contributed by atoms with Gasteiger partial charge in [-0.05, 0) is 35.4 Å². The molecule has 2 rings (SSSR count). The molecule has 140 valence electrons. The number of hydrogen-bond acceptors (Lipinski definition) is 6. The van der Waals surface area contributed by atoms with Gasteiger partial charge in [-0.15, -0.1) is 0 Å². The Morgan fingerprint density at radius 1 is 0.885 bits per heavy atom. The number of aliphatic hydroxyl groups excluding tert-OH is 1. The fraction of sp³-hybridized carbons (Fsp3) is 0.350. The first-order valence-electron chi connectivity index (χ1n) is 8.29. The van der Waals surface area contributed by atoms with Crippen molar-refractivity contribution >= 4 is 5.97 Å². The Bertz CT molecular complexity index is 635. The van der Waals surface area contributed by atoms with Gasteiger partial charge < -0.3 is 19.3 Å². The lowest BCUT2D eigenvalue weighted by Gasteiger charge is -2.24. The summed E-state index contributed by atoms with van der Waals surface area (Å²) in [6.07, 6.45) is -1.20. The fourth-order valence-electron chi connectivity index (χ4n) is 2.62. The normalized spacial score (nSPS) is 11.9. The average Bonchev–Trinajstić information content (AvgIpc) is 2.68. The largest absolute Gasteiger partial charge is 0.497 e. The summed E-state index contributed by atoms with van der Waals surface area (Å²) in [5.41, 5.74) is 2.10. The summed E-state index contributed by atoms with van der Waals surface area (Å²) >= 11 is 0. The number of aliphatic hydroxyl groups is 1. The van der Waals surface area contributed by atoms with Gasteiger partial charge >= 0.3 is 5.97 Å². The second kappa shape index (κ2) is 9.79. The molecule has 0 fully saturated rings. The van der Waals surface area contributed by atoms with Gasteiger partial charge in [-0.2, -0.15) is 0 Å². The number of hydrogen-bond donors (Lipinski definition) is 1. The Hall–Kier alpha value is -2.57. The number of nitrogens with zero attached hydrogens (tertiary/aromatic N) is 1. The van der Waals surface area contributed by atoms with Gasteiger partial charge in [0.25, 0.3) is 0 Å². The number of benzene rings is 2. The predicted molar refractivity (Wildman–Crippen MR) is 98.1 cm³/mol. The molecule has 0 saturated heterocycles. The van der Waals surface area contributed by atoms with Crippen molar-refractivity contribution in [2.75, 3.05) is 27.9 Å². The first-order valence-corrected chi connectivity index (χ1v) is 8.29. The summed E-state index contributed by atoms with van der Waals surface area (Å²) in [7, 11) is 4.51. The molecule has 2 aromatic rings. The second-order valence-corrected chi connectivity index (χ2v) is 5.90. The molecule has 0 radical (unpaired) electrons. The molecule has 6 heteroatoms. The highest BCUT2D eigenvalue weighted by molar-refractivity contribution is 5.74. The first kappa shape index (κ1) is 19.8. The zero-order chi connectivity index (χ0) is 18.9. The number of ether oxygens (including phenoxy) is 3. The molecule has 0 heterocycles. The molecular formula is C20H25NO5. The predicted octanol–water partition coefficient (Wildman–Crippen LogP) is 2.24. The van der Waals surface area contributed by atoms with Crippen LogP contribution in [0.2, 0.25) is 0 Å². The van der Waals surface area contributed by atoms with Gasteiger partial charge in [-0.1, -0.05) is 24.3 Å². The number of carbonyl (C=O) groups excluding carboxylic acids is 1. The fourth-order valence-corrected chi connectivity index (χ4v) is 2.62. The van der Waals surface area contributed by atoms with Gasteiger partial charge in [0.15, 0.2) is 6.10 Å². The molecule has 0 bridgehead atoms. The molecule has 1 N–H and O–H groups in total. The summed E-state index contributed by atoms with van der Waals surface area (Å²) < 4.78 is 15.0. The van der Waals surface area contributed by atoms with E-state index in [1.807, 2.05) is 53.4 Å². The molecule has 26 heavy (non-hydrogen) atoms. The van der Waals surface area contributed by atoms with Crippen molar-refractivity contribution in [1.29, 1.82) is 0 Å². The zero-order valence-electron chi connectivity index (χ0n) is 15.3. The molecule has 0 unspecified atom stereocenters. The highest BCUT2D eigenvalue weighted by Gasteiger charge is 2.20. The average molecular weight is 359 g/mol. The minimum Gasteiger partial charge on any atom is -0.497 e. The first-order chi connectivity index (χ1) is 12.5. The van der Waals surface area contributed by atoms with Crippen LogP contribution in [0.1, 0.15) is 11.1 Å². The van der Waals surface area contributed by atoms with Crippen LogP contribution < -0.4 is 9.47 Å². The van der Waals surface area contributed by atoms with Crippen LogP contribution in [0.3, 0.4) is 0 Å². The second-order valence-electron chi connectivity index (χ2n) is 5.90. The topological polar surface area (TPSA) is 68.2 Å². The van der Waals surface area contributed by atoms with E-state index in [-0.39, 0.29) is 6.54 Å². The van der Waals surface area contributed by atoms with Crippen LogP contribution in [-0.4, -0.2) is 50.0 Å². The van der Waals surface area contributed by atoms with Gasteiger partial charge in [0.05, 0.1) is 21.3 Å². The zero-order valence-corrected chi connectivity index (χ0v) is 15.3. The third kappa shape index (κ3) is 5.75. The molecule has 0 amide bonds. The number of carbonyl (C=O) groups is 1. The van der Waals surface area contributed by atoms with Gasteiger partial charge in [-0.3, -0.25) is 4.90 Å². The van der Waals surface area contributed by atoms with Crippen molar-refractivity contribution in [3.05, 3.63) is 59.7 Å². The maximum absolute atomic E-state index is 11.6. The van der Waals surface area contributed by atoms with Crippen LogP contribution in [0.15, 0.2) is 48.5 Å². The van der Waals surface area contributed by atoms with Crippen LogP contribution in [-0.2, 0) is 22.6 Å². The maximum Gasteiger partial charge on any atom is 0.336 e. The molecular weight excluding hydrogens is 334 g/mol. The lowest BCUT2D eigenvalue weighted by molar-refractivity contribution is -0.151. The Labute approximate surface area is 153 Å². The Morgan fingerprint density at radius 3 is 1.65 bits per heavy atom. The maximum atomic E-state index is 11.6. The minimum atomic E-state index is -1.20. The van der Waals surface area contributed by atoms with E-state index in [0.29, 0.717) is 13.1 Å². The van der Waals surface area contributed by atoms with Gasteiger partial charge in [0.2, 0.25) is 0 Å². The molecule has 0 saturated carbocycles. The summed E-state index contributed by atoms with van der Waals surface area (Å²) in [6.45, 7) is 1.32. The van der Waals surface area contributed by atoms with E-state index in [1.54, 1.807) is 14.2 Å². The molecule has 0 aliphatic carbocycles. The summed E-state index contributed by atoms with van der Waals surface area (Å²) in [4.78, 5) is 13.6. The van der Waals surface area contributed by atoms with Crippen LogP contribution in [0.4, 0.5) is 0 Å².